The monoisotopic (exact) mass is 240 g/mol. The van der Waals surface area contributed by atoms with Crippen molar-refractivity contribution in [2.45, 2.75) is 0 Å². The largest absolute Gasteiger partial charge is 0.463 e. The molecule has 88 valence electrons. The fourth-order valence-electron chi connectivity index (χ4n) is 1.78. The lowest BCUT2D eigenvalue weighted by atomic mass is 10.0. The summed E-state index contributed by atoms with van der Waals surface area (Å²) < 4.78 is 18.3. The van der Waals surface area contributed by atoms with Gasteiger partial charge < -0.3 is 4.42 Å². The summed E-state index contributed by atoms with van der Waals surface area (Å²) >= 11 is 0. The van der Waals surface area contributed by atoms with Gasteiger partial charge in [-0.15, -0.1) is 0 Å². The third-order valence-corrected chi connectivity index (χ3v) is 2.62. The van der Waals surface area contributed by atoms with Crippen molar-refractivity contribution < 1.29 is 8.81 Å². The van der Waals surface area contributed by atoms with Crippen molar-refractivity contribution in [2.24, 2.45) is 0 Å². The molecule has 0 fully saturated rings. The van der Waals surface area contributed by atoms with Crippen LogP contribution in [0.5, 0.6) is 0 Å². The van der Waals surface area contributed by atoms with Crippen LogP contribution in [0.4, 0.5) is 4.39 Å². The van der Waals surface area contributed by atoms with Crippen molar-refractivity contribution >= 4 is 0 Å². The van der Waals surface area contributed by atoms with Crippen LogP contribution in [0.1, 0.15) is 0 Å². The maximum atomic E-state index is 12.9. The van der Waals surface area contributed by atoms with Gasteiger partial charge in [-0.25, -0.2) is 14.4 Å². The van der Waals surface area contributed by atoms with Crippen molar-refractivity contribution in [2.75, 3.05) is 0 Å². The van der Waals surface area contributed by atoms with Crippen LogP contribution in [0.2, 0.25) is 0 Å². The molecule has 0 unspecified atom stereocenters. The van der Waals surface area contributed by atoms with E-state index in [9.17, 15) is 4.39 Å². The first kappa shape index (κ1) is 10.7. The fraction of sp³-hybridized carbons (Fsp3) is 0. The fourth-order valence-corrected chi connectivity index (χ4v) is 1.78. The molecule has 3 aromatic rings. The van der Waals surface area contributed by atoms with Crippen LogP contribution in [0.15, 0.2) is 59.6 Å². The lowest BCUT2D eigenvalue weighted by Gasteiger charge is -2.05. The number of nitrogens with zero attached hydrogens (tertiary/aromatic N) is 2. The van der Waals surface area contributed by atoms with Crippen molar-refractivity contribution in [3.8, 4) is 22.6 Å². The molecule has 0 bridgehead atoms. The van der Waals surface area contributed by atoms with Gasteiger partial charge in [0.1, 0.15) is 17.8 Å². The van der Waals surface area contributed by atoms with E-state index in [1.54, 1.807) is 30.7 Å². The smallest absolute Gasteiger partial charge is 0.152 e. The molecule has 0 spiro atoms. The SMILES string of the molecule is Fc1ccc(-c2cncnc2-c2ccco2)cc1. The number of benzene rings is 1. The van der Waals surface area contributed by atoms with Gasteiger partial charge in [0.15, 0.2) is 5.76 Å². The van der Waals surface area contributed by atoms with E-state index in [4.69, 9.17) is 4.42 Å². The van der Waals surface area contributed by atoms with Gasteiger partial charge in [0.05, 0.1) is 6.26 Å². The second kappa shape index (κ2) is 4.41. The Hall–Kier alpha value is -2.49. The first-order valence-electron chi connectivity index (χ1n) is 5.44. The average molecular weight is 240 g/mol. The van der Waals surface area contributed by atoms with Gasteiger partial charge in [0.25, 0.3) is 0 Å². The number of furan rings is 1. The molecule has 0 aliphatic heterocycles. The zero-order valence-corrected chi connectivity index (χ0v) is 9.38. The number of hydrogen-bond acceptors (Lipinski definition) is 3. The van der Waals surface area contributed by atoms with Gasteiger partial charge in [-0.1, -0.05) is 12.1 Å². The summed E-state index contributed by atoms with van der Waals surface area (Å²) in [6.07, 6.45) is 4.74. The lowest BCUT2D eigenvalue weighted by molar-refractivity contribution is 0.580. The summed E-state index contributed by atoms with van der Waals surface area (Å²) in [5.41, 5.74) is 2.36. The molecule has 2 aromatic heterocycles. The highest BCUT2D eigenvalue weighted by molar-refractivity contribution is 5.77. The van der Waals surface area contributed by atoms with Gasteiger partial charge in [0, 0.05) is 11.8 Å². The van der Waals surface area contributed by atoms with Gasteiger partial charge >= 0.3 is 0 Å². The van der Waals surface area contributed by atoms with Crippen LogP contribution in [0.25, 0.3) is 22.6 Å². The Morgan fingerprint density at radius 3 is 2.61 bits per heavy atom. The van der Waals surface area contributed by atoms with Crippen molar-refractivity contribution in [1.82, 2.24) is 9.97 Å². The zero-order valence-electron chi connectivity index (χ0n) is 9.38. The Labute approximate surface area is 103 Å². The summed E-state index contributed by atoms with van der Waals surface area (Å²) in [4.78, 5) is 8.23. The minimum atomic E-state index is -0.268. The Balaban J connectivity index is 2.15. The first-order chi connectivity index (χ1) is 8.84. The summed E-state index contributed by atoms with van der Waals surface area (Å²) in [6.45, 7) is 0. The molecule has 0 aliphatic carbocycles. The molecule has 0 N–H and O–H groups in total. The summed E-state index contributed by atoms with van der Waals surface area (Å²) in [5, 5.41) is 0. The van der Waals surface area contributed by atoms with E-state index in [2.05, 4.69) is 9.97 Å². The summed E-state index contributed by atoms with van der Waals surface area (Å²) in [5.74, 6) is 0.395. The Kier molecular flexibility index (Phi) is 2.61. The van der Waals surface area contributed by atoms with Crippen LogP contribution in [0, 0.1) is 5.82 Å². The number of halogens is 1. The molecule has 0 radical (unpaired) electrons. The summed E-state index contributed by atoms with van der Waals surface area (Å²) in [6, 6.07) is 9.84. The molecule has 3 rings (SSSR count). The predicted octanol–water partition coefficient (Wildman–Crippen LogP) is 3.54. The molecule has 2 heterocycles. The highest BCUT2D eigenvalue weighted by Crippen LogP contribution is 2.29. The quantitative estimate of drug-likeness (QED) is 0.687. The number of hydrogen-bond donors (Lipinski definition) is 0. The van der Waals surface area contributed by atoms with E-state index >= 15 is 0 Å². The van der Waals surface area contributed by atoms with Gasteiger partial charge in [-0.2, -0.15) is 0 Å². The maximum absolute atomic E-state index is 12.9. The van der Waals surface area contributed by atoms with Crippen LogP contribution in [0.3, 0.4) is 0 Å². The Bertz CT molecular complexity index is 648. The molecule has 4 heteroatoms. The van der Waals surface area contributed by atoms with E-state index in [1.807, 2.05) is 6.07 Å². The van der Waals surface area contributed by atoms with E-state index < -0.39 is 0 Å². The highest BCUT2D eigenvalue weighted by Gasteiger charge is 2.11. The van der Waals surface area contributed by atoms with Crippen LogP contribution in [-0.2, 0) is 0 Å². The van der Waals surface area contributed by atoms with E-state index in [-0.39, 0.29) is 5.82 Å². The number of aromatic nitrogens is 2. The zero-order chi connectivity index (χ0) is 12.4. The second-order valence-corrected chi connectivity index (χ2v) is 3.77. The molecule has 0 amide bonds. The lowest BCUT2D eigenvalue weighted by Crippen LogP contribution is -1.89. The Morgan fingerprint density at radius 1 is 1.06 bits per heavy atom. The molecule has 18 heavy (non-hydrogen) atoms. The second-order valence-electron chi connectivity index (χ2n) is 3.77. The van der Waals surface area contributed by atoms with Crippen LogP contribution >= 0.6 is 0 Å². The van der Waals surface area contributed by atoms with Crippen molar-refractivity contribution in [3.05, 3.63) is 61.0 Å². The average Bonchev–Trinajstić information content (AvgIpc) is 2.93. The summed E-state index contributed by atoms with van der Waals surface area (Å²) in [7, 11) is 0. The van der Waals surface area contributed by atoms with Gasteiger partial charge in [-0.3, -0.25) is 0 Å². The van der Waals surface area contributed by atoms with E-state index in [1.165, 1.54) is 18.5 Å². The third-order valence-electron chi connectivity index (χ3n) is 2.62. The highest BCUT2D eigenvalue weighted by atomic mass is 19.1. The molecule has 0 aliphatic rings. The minimum absolute atomic E-state index is 0.268. The molecule has 3 nitrogen and oxygen atoms in total. The maximum Gasteiger partial charge on any atom is 0.152 e. The standard InChI is InChI=1S/C14H9FN2O/c15-11-5-3-10(4-6-11)12-8-16-9-17-14(12)13-2-1-7-18-13/h1-9H. The third kappa shape index (κ3) is 1.88. The predicted molar refractivity (Wildman–Crippen MR) is 65.1 cm³/mol. The van der Waals surface area contributed by atoms with Gasteiger partial charge in [-0.05, 0) is 29.8 Å². The van der Waals surface area contributed by atoms with E-state index in [0.717, 1.165) is 11.1 Å². The molecule has 0 atom stereocenters. The number of rotatable bonds is 2. The van der Waals surface area contributed by atoms with Gasteiger partial charge in [0.2, 0.25) is 0 Å². The van der Waals surface area contributed by atoms with Crippen LogP contribution in [-0.4, -0.2) is 9.97 Å². The molecular weight excluding hydrogens is 231 g/mol. The van der Waals surface area contributed by atoms with Crippen LogP contribution < -0.4 is 0 Å². The Morgan fingerprint density at radius 2 is 1.89 bits per heavy atom. The molecule has 0 saturated heterocycles. The normalized spacial score (nSPS) is 10.5. The van der Waals surface area contributed by atoms with Crippen molar-refractivity contribution in [1.29, 1.82) is 0 Å². The van der Waals surface area contributed by atoms with Crippen molar-refractivity contribution in [3.63, 3.8) is 0 Å². The molecule has 0 saturated carbocycles. The van der Waals surface area contributed by atoms with E-state index in [0.29, 0.717) is 11.5 Å². The molecular formula is C14H9FN2O. The topological polar surface area (TPSA) is 38.9 Å². The first-order valence-corrected chi connectivity index (χ1v) is 5.44. The minimum Gasteiger partial charge on any atom is -0.463 e. The molecule has 1 aromatic carbocycles.